The van der Waals surface area contributed by atoms with Crippen LogP contribution in [0.1, 0.15) is 46.1 Å². The van der Waals surface area contributed by atoms with Gasteiger partial charge in [0.25, 0.3) is 5.91 Å². The van der Waals surface area contributed by atoms with Crippen LogP contribution in [0.15, 0.2) is 47.4 Å². The lowest BCUT2D eigenvalue weighted by Crippen LogP contribution is -2.31. The Balaban J connectivity index is 2.24. The molecule has 0 spiro atoms. The summed E-state index contributed by atoms with van der Waals surface area (Å²) in [5, 5.41) is 2.71. The van der Waals surface area contributed by atoms with E-state index in [9.17, 15) is 13.2 Å². The normalized spacial score (nSPS) is 12.7. The van der Waals surface area contributed by atoms with Crippen LogP contribution in [0.25, 0.3) is 0 Å². The van der Waals surface area contributed by atoms with Gasteiger partial charge in [-0.1, -0.05) is 32.0 Å². The molecule has 7 nitrogen and oxygen atoms in total. The van der Waals surface area contributed by atoms with E-state index in [0.29, 0.717) is 11.5 Å². The first-order valence-electron chi connectivity index (χ1n) is 9.82. The van der Waals surface area contributed by atoms with Gasteiger partial charge in [0.15, 0.2) is 6.10 Å². The van der Waals surface area contributed by atoms with Crippen molar-refractivity contribution in [1.82, 2.24) is 4.72 Å². The lowest BCUT2D eigenvalue weighted by molar-refractivity contribution is -0.122. The maximum Gasteiger partial charge on any atom is 0.265 e. The van der Waals surface area contributed by atoms with E-state index in [1.807, 2.05) is 24.3 Å². The van der Waals surface area contributed by atoms with Gasteiger partial charge >= 0.3 is 0 Å². The van der Waals surface area contributed by atoms with Crippen molar-refractivity contribution < 1.29 is 22.7 Å². The van der Waals surface area contributed by atoms with Crippen molar-refractivity contribution in [1.29, 1.82) is 0 Å². The summed E-state index contributed by atoms with van der Waals surface area (Å²) in [5.74, 6) is 0.811. The molecule has 2 N–H and O–H groups in total. The second-order valence-electron chi connectivity index (χ2n) is 7.58. The molecule has 0 radical (unpaired) electrons. The number of para-hydroxylation sites is 1. The molecule has 2 aromatic carbocycles. The summed E-state index contributed by atoms with van der Waals surface area (Å²) < 4.78 is 38.6. The molecular formula is C22H30N2O5S. The molecule has 2 rings (SSSR count). The third-order valence-electron chi connectivity index (χ3n) is 4.34. The zero-order valence-electron chi connectivity index (χ0n) is 18.2. The number of hydrogen-bond acceptors (Lipinski definition) is 5. The molecule has 0 saturated carbocycles. The largest absolute Gasteiger partial charge is 0.495 e. The summed E-state index contributed by atoms with van der Waals surface area (Å²) in [5.41, 5.74) is 1.25. The van der Waals surface area contributed by atoms with E-state index in [1.165, 1.54) is 25.3 Å². The molecule has 2 aromatic rings. The monoisotopic (exact) mass is 434 g/mol. The zero-order valence-corrected chi connectivity index (χ0v) is 19.0. The van der Waals surface area contributed by atoms with E-state index in [-0.39, 0.29) is 22.5 Å². The van der Waals surface area contributed by atoms with Gasteiger partial charge in [0.2, 0.25) is 10.0 Å². The van der Waals surface area contributed by atoms with Crippen molar-refractivity contribution in [3.8, 4) is 11.5 Å². The van der Waals surface area contributed by atoms with Crippen LogP contribution in [0.5, 0.6) is 11.5 Å². The molecule has 0 aliphatic rings. The maximum atomic E-state index is 12.7. The summed E-state index contributed by atoms with van der Waals surface area (Å²) in [7, 11) is -2.27. The van der Waals surface area contributed by atoms with Gasteiger partial charge in [0.1, 0.15) is 11.5 Å². The first-order chi connectivity index (χ1) is 14.0. The molecule has 0 heterocycles. The van der Waals surface area contributed by atoms with Gasteiger partial charge in [0, 0.05) is 6.04 Å². The van der Waals surface area contributed by atoms with Crippen LogP contribution in [-0.4, -0.2) is 33.6 Å². The highest BCUT2D eigenvalue weighted by Gasteiger charge is 2.21. The van der Waals surface area contributed by atoms with Gasteiger partial charge in [-0.25, -0.2) is 13.1 Å². The van der Waals surface area contributed by atoms with Gasteiger partial charge in [-0.15, -0.1) is 0 Å². The van der Waals surface area contributed by atoms with Crippen molar-refractivity contribution in [3.63, 3.8) is 0 Å². The molecule has 8 heteroatoms. The number of carbonyl (C=O) groups is 1. The van der Waals surface area contributed by atoms with Crippen molar-refractivity contribution in [2.24, 2.45) is 0 Å². The Kier molecular flexibility index (Phi) is 7.86. The first kappa shape index (κ1) is 23.7. The second kappa shape index (κ2) is 9.95. The molecule has 1 atom stereocenters. The Bertz CT molecular complexity index is 987. The van der Waals surface area contributed by atoms with Crippen LogP contribution < -0.4 is 19.5 Å². The van der Waals surface area contributed by atoms with E-state index < -0.39 is 22.0 Å². The predicted octanol–water partition coefficient (Wildman–Crippen LogP) is 3.91. The smallest absolute Gasteiger partial charge is 0.265 e. The Hall–Kier alpha value is -2.58. The van der Waals surface area contributed by atoms with E-state index in [4.69, 9.17) is 9.47 Å². The number of hydrogen-bond donors (Lipinski definition) is 2. The average Bonchev–Trinajstić information content (AvgIpc) is 2.67. The number of carbonyl (C=O) groups excluding carboxylic acids is 1. The van der Waals surface area contributed by atoms with Crippen LogP contribution in [0.2, 0.25) is 0 Å². The summed E-state index contributed by atoms with van der Waals surface area (Å²) in [4.78, 5) is 12.8. The van der Waals surface area contributed by atoms with Gasteiger partial charge < -0.3 is 14.8 Å². The van der Waals surface area contributed by atoms with Crippen LogP contribution in [0, 0.1) is 0 Å². The SMILES string of the molecule is COc1ccc(S(=O)(=O)NC(C)C)cc1NC(=O)C(C)Oc1ccccc1C(C)C. The Morgan fingerprint density at radius 3 is 2.23 bits per heavy atom. The number of methoxy groups -OCH3 is 1. The summed E-state index contributed by atoms with van der Waals surface area (Å²) in [6.45, 7) is 9.21. The number of sulfonamides is 1. The number of anilines is 1. The number of nitrogens with one attached hydrogen (secondary N) is 2. The van der Waals surface area contributed by atoms with Gasteiger partial charge in [-0.2, -0.15) is 0 Å². The highest BCUT2D eigenvalue weighted by molar-refractivity contribution is 7.89. The third-order valence-corrected chi connectivity index (χ3v) is 6.00. The number of amides is 1. The fourth-order valence-corrected chi connectivity index (χ4v) is 4.15. The van der Waals surface area contributed by atoms with Gasteiger partial charge in [-0.05, 0) is 56.5 Å². The Labute approximate surface area is 178 Å². The van der Waals surface area contributed by atoms with Crippen molar-refractivity contribution in [3.05, 3.63) is 48.0 Å². The van der Waals surface area contributed by atoms with E-state index in [2.05, 4.69) is 23.9 Å². The minimum Gasteiger partial charge on any atom is -0.495 e. The lowest BCUT2D eigenvalue weighted by Gasteiger charge is -2.19. The first-order valence-corrected chi connectivity index (χ1v) is 11.3. The van der Waals surface area contributed by atoms with Crippen LogP contribution in [-0.2, 0) is 14.8 Å². The van der Waals surface area contributed by atoms with Crippen LogP contribution in [0.4, 0.5) is 5.69 Å². The summed E-state index contributed by atoms with van der Waals surface area (Å²) in [6.07, 6.45) is -0.802. The maximum absolute atomic E-state index is 12.7. The van der Waals surface area contributed by atoms with E-state index in [0.717, 1.165) is 5.56 Å². The summed E-state index contributed by atoms with van der Waals surface area (Å²) in [6, 6.07) is 11.6. The van der Waals surface area contributed by atoms with Crippen molar-refractivity contribution >= 4 is 21.6 Å². The molecule has 1 unspecified atom stereocenters. The van der Waals surface area contributed by atoms with Crippen molar-refractivity contribution in [2.45, 2.75) is 57.6 Å². The fraction of sp³-hybridized carbons (Fsp3) is 0.409. The highest BCUT2D eigenvalue weighted by atomic mass is 32.2. The fourth-order valence-electron chi connectivity index (χ4n) is 2.87. The molecule has 0 fully saturated rings. The van der Waals surface area contributed by atoms with E-state index >= 15 is 0 Å². The number of ether oxygens (including phenoxy) is 2. The van der Waals surface area contributed by atoms with Gasteiger partial charge in [0.05, 0.1) is 17.7 Å². The van der Waals surface area contributed by atoms with E-state index in [1.54, 1.807) is 20.8 Å². The Morgan fingerprint density at radius 2 is 1.63 bits per heavy atom. The van der Waals surface area contributed by atoms with Crippen LogP contribution >= 0.6 is 0 Å². The zero-order chi connectivity index (χ0) is 22.5. The molecule has 0 aliphatic carbocycles. The van der Waals surface area contributed by atoms with Gasteiger partial charge in [-0.3, -0.25) is 4.79 Å². The molecule has 0 bridgehead atoms. The third kappa shape index (κ3) is 5.96. The van der Waals surface area contributed by atoms with Crippen LogP contribution in [0.3, 0.4) is 0 Å². The Morgan fingerprint density at radius 1 is 0.967 bits per heavy atom. The topological polar surface area (TPSA) is 93.7 Å². The molecule has 1 amide bonds. The standard InChI is InChI=1S/C22H30N2O5S/c1-14(2)18-9-7-8-10-20(18)29-16(5)22(25)23-19-13-17(11-12-21(19)28-6)30(26,27)24-15(3)4/h7-16,24H,1-6H3,(H,23,25). The molecular weight excluding hydrogens is 404 g/mol. The molecule has 164 valence electrons. The molecule has 30 heavy (non-hydrogen) atoms. The predicted molar refractivity (Wildman–Crippen MR) is 118 cm³/mol. The molecule has 0 aromatic heterocycles. The quantitative estimate of drug-likeness (QED) is 0.624. The molecule has 0 saturated heterocycles. The minimum absolute atomic E-state index is 0.0334. The minimum atomic E-state index is -3.71. The molecule has 0 aliphatic heterocycles. The number of benzene rings is 2. The lowest BCUT2D eigenvalue weighted by atomic mass is 10.0. The second-order valence-corrected chi connectivity index (χ2v) is 9.29. The van der Waals surface area contributed by atoms with Crippen molar-refractivity contribution in [2.75, 3.05) is 12.4 Å². The summed E-state index contributed by atoms with van der Waals surface area (Å²) >= 11 is 0. The average molecular weight is 435 g/mol. The highest BCUT2D eigenvalue weighted by Crippen LogP contribution is 2.29. The number of rotatable bonds is 9.